The Balaban J connectivity index is 2.39. The number of hydrogen-bond acceptors (Lipinski definition) is 3. The molecule has 2 N–H and O–H groups in total. The van der Waals surface area contributed by atoms with Gasteiger partial charge in [0.25, 0.3) is 0 Å². The van der Waals surface area contributed by atoms with Crippen molar-refractivity contribution in [2.45, 2.75) is 51.6 Å². The minimum atomic E-state index is -0.784. The van der Waals surface area contributed by atoms with E-state index in [2.05, 4.69) is 6.08 Å². The van der Waals surface area contributed by atoms with Crippen molar-refractivity contribution >= 4 is 11.8 Å². The number of aliphatic hydroxyl groups excluding tert-OH is 1. The van der Waals surface area contributed by atoms with E-state index in [1.165, 1.54) is 0 Å². The Morgan fingerprint density at radius 1 is 1.19 bits per heavy atom. The summed E-state index contributed by atoms with van der Waals surface area (Å²) in [6.07, 6.45) is 22.2. The molecular weight excluding hydrogens is 328 g/mol. The molecule has 1 aliphatic carbocycles. The summed E-state index contributed by atoms with van der Waals surface area (Å²) in [6, 6.07) is 0. The first kappa shape index (κ1) is 21.8. The summed E-state index contributed by atoms with van der Waals surface area (Å²) in [5, 5.41) is 18.5. The molecule has 0 saturated heterocycles. The first-order valence-corrected chi connectivity index (χ1v) is 9.29. The molecule has 0 saturated carbocycles. The minimum Gasteiger partial charge on any atom is -0.481 e. The summed E-state index contributed by atoms with van der Waals surface area (Å²) >= 11 is 0. The Morgan fingerprint density at radius 3 is 2.69 bits per heavy atom. The van der Waals surface area contributed by atoms with E-state index in [-0.39, 0.29) is 24.0 Å². The lowest BCUT2D eigenvalue weighted by Crippen LogP contribution is -2.14. The maximum Gasteiger partial charge on any atom is 0.303 e. The maximum atomic E-state index is 12.0. The fourth-order valence-electron chi connectivity index (χ4n) is 2.70. The smallest absolute Gasteiger partial charge is 0.303 e. The van der Waals surface area contributed by atoms with Gasteiger partial charge in [-0.25, -0.2) is 0 Å². The van der Waals surface area contributed by atoms with Gasteiger partial charge in [-0.2, -0.15) is 0 Å². The van der Waals surface area contributed by atoms with Gasteiger partial charge in [-0.15, -0.1) is 0 Å². The molecule has 0 fully saturated rings. The Hall–Kier alpha value is -2.20. The molecule has 1 rings (SSSR count). The predicted molar refractivity (Wildman–Crippen MR) is 105 cm³/mol. The molecule has 0 heterocycles. The van der Waals surface area contributed by atoms with Gasteiger partial charge in [0.15, 0.2) is 5.78 Å². The standard InChI is InChI=1S/C22H30O4/c1-2-3-8-12-19(23)15-16-20-18(14-17-21(20)24)11-9-6-4-5-7-10-13-22(25)26/h3,5-9,14-20,23H,2,4,10-13H2,1H3,(H,25,26)/b7-5-,8-3-,9-6-,16-15+/t18-,19-,20+/m1/s1. The number of aliphatic carboxylic acids is 1. The van der Waals surface area contributed by atoms with E-state index in [1.807, 2.05) is 49.5 Å². The second kappa shape index (κ2) is 13.1. The van der Waals surface area contributed by atoms with Gasteiger partial charge in [-0.3, -0.25) is 9.59 Å². The zero-order valence-electron chi connectivity index (χ0n) is 15.5. The quantitative estimate of drug-likeness (QED) is 0.507. The number of carboxylic acids is 1. The third-order valence-electron chi connectivity index (χ3n) is 4.16. The molecule has 4 heteroatoms. The third-order valence-corrected chi connectivity index (χ3v) is 4.16. The van der Waals surface area contributed by atoms with Gasteiger partial charge in [0.05, 0.1) is 6.10 Å². The summed E-state index contributed by atoms with van der Waals surface area (Å²) in [6.45, 7) is 2.05. The number of carbonyl (C=O) groups is 2. The zero-order valence-corrected chi connectivity index (χ0v) is 15.5. The molecule has 3 atom stereocenters. The van der Waals surface area contributed by atoms with Gasteiger partial charge in [-0.05, 0) is 44.1 Å². The van der Waals surface area contributed by atoms with Crippen LogP contribution in [0.5, 0.6) is 0 Å². The Morgan fingerprint density at radius 2 is 1.96 bits per heavy atom. The van der Waals surface area contributed by atoms with Crippen LogP contribution in [0.4, 0.5) is 0 Å². The van der Waals surface area contributed by atoms with Gasteiger partial charge in [0.2, 0.25) is 0 Å². The SMILES string of the molecule is CC/C=C\C[C@@H](O)/C=C/[C@@H]1C(=O)C=C[C@H]1C/C=C\C/C=C\CCC(=O)O. The Bertz CT molecular complexity index is 581. The topological polar surface area (TPSA) is 74.6 Å². The average Bonchev–Trinajstić information content (AvgIpc) is 2.95. The number of hydrogen-bond donors (Lipinski definition) is 2. The third kappa shape index (κ3) is 9.33. The number of aliphatic hydroxyl groups is 1. The molecule has 142 valence electrons. The molecule has 0 radical (unpaired) electrons. The molecule has 0 aromatic carbocycles. The van der Waals surface area contributed by atoms with Crippen LogP contribution in [0.3, 0.4) is 0 Å². The lowest BCUT2D eigenvalue weighted by Gasteiger charge is -2.13. The van der Waals surface area contributed by atoms with Crippen molar-refractivity contribution in [2.75, 3.05) is 0 Å². The van der Waals surface area contributed by atoms with E-state index < -0.39 is 12.1 Å². The molecule has 1 aliphatic rings. The molecule has 0 aliphatic heterocycles. The van der Waals surface area contributed by atoms with Crippen LogP contribution in [0.25, 0.3) is 0 Å². The van der Waals surface area contributed by atoms with Crippen molar-refractivity contribution in [3.8, 4) is 0 Å². The highest BCUT2D eigenvalue weighted by Crippen LogP contribution is 2.27. The summed E-state index contributed by atoms with van der Waals surface area (Å²) in [7, 11) is 0. The molecule has 0 aromatic heterocycles. The highest BCUT2D eigenvalue weighted by atomic mass is 16.4. The van der Waals surface area contributed by atoms with Crippen LogP contribution in [0, 0.1) is 11.8 Å². The molecule has 0 aromatic rings. The van der Waals surface area contributed by atoms with Crippen LogP contribution in [0.1, 0.15) is 45.4 Å². The molecular formula is C22H30O4. The van der Waals surface area contributed by atoms with Crippen molar-refractivity contribution in [1.29, 1.82) is 0 Å². The largest absolute Gasteiger partial charge is 0.481 e. The minimum absolute atomic E-state index is 0.0875. The predicted octanol–water partition coefficient (Wildman–Crippen LogP) is 4.39. The van der Waals surface area contributed by atoms with Crippen molar-refractivity contribution in [2.24, 2.45) is 11.8 Å². The first-order valence-electron chi connectivity index (χ1n) is 9.29. The van der Waals surface area contributed by atoms with Gasteiger partial charge in [0.1, 0.15) is 0 Å². The molecule has 0 bridgehead atoms. The van der Waals surface area contributed by atoms with E-state index in [9.17, 15) is 14.7 Å². The molecule has 0 spiro atoms. The van der Waals surface area contributed by atoms with Crippen LogP contribution in [-0.2, 0) is 9.59 Å². The first-order chi connectivity index (χ1) is 12.5. The van der Waals surface area contributed by atoms with E-state index in [0.29, 0.717) is 12.8 Å². The van der Waals surface area contributed by atoms with Gasteiger partial charge in [0, 0.05) is 12.3 Å². The van der Waals surface area contributed by atoms with Crippen molar-refractivity contribution in [3.05, 3.63) is 60.8 Å². The highest BCUT2D eigenvalue weighted by Gasteiger charge is 2.26. The molecule has 26 heavy (non-hydrogen) atoms. The van der Waals surface area contributed by atoms with Crippen LogP contribution >= 0.6 is 0 Å². The Kier molecular flexibility index (Phi) is 11.0. The van der Waals surface area contributed by atoms with Gasteiger partial charge < -0.3 is 10.2 Å². The van der Waals surface area contributed by atoms with Crippen molar-refractivity contribution in [1.82, 2.24) is 0 Å². The van der Waals surface area contributed by atoms with Crippen molar-refractivity contribution in [3.63, 3.8) is 0 Å². The number of allylic oxidation sites excluding steroid dienone is 8. The summed E-state index contributed by atoms with van der Waals surface area (Å²) in [4.78, 5) is 22.4. The fourth-order valence-corrected chi connectivity index (χ4v) is 2.70. The van der Waals surface area contributed by atoms with Crippen molar-refractivity contribution < 1.29 is 19.8 Å². The average molecular weight is 358 g/mol. The highest BCUT2D eigenvalue weighted by molar-refractivity contribution is 5.95. The van der Waals surface area contributed by atoms with E-state index in [0.717, 1.165) is 19.3 Å². The Labute approximate surface area is 156 Å². The molecule has 0 unspecified atom stereocenters. The van der Waals surface area contributed by atoms with Crippen LogP contribution in [0.15, 0.2) is 60.8 Å². The second-order valence-corrected chi connectivity index (χ2v) is 6.37. The lowest BCUT2D eigenvalue weighted by atomic mass is 9.91. The molecule has 4 nitrogen and oxygen atoms in total. The van der Waals surface area contributed by atoms with Crippen LogP contribution < -0.4 is 0 Å². The number of carboxylic acid groups (broad SMARTS) is 1. The fraction of sp³-hybridized carbons (Fsp3) is 0.455. The maximum absolute atomic E-state index is 12.0. The van der Waals surface area contributed by atoms with Crippen LogP contribution in [0.2, 0.25) is 0 Å². The number of rotatable bonds is 12. The van der Waals surface area contributed by atoms with Gasteiger partial charge >= 0.3 is 5.97 Å². The van der Waals surface area contributed by atoms with Gasteiger partial charge in [-0.1, -0.05) is 61.6 Å². The summed E-state index contributed by atoms with van der Waals surface area (Å²) < 4.78 is 0. The summed E-state index contributed by atoms with van der Waals surface area (Å²) in [5.74, 6) is -0.766. The second-order valence-electron chi connectivity index (χ2n) is 6.37. The van der Waals surface area contributed by atoms with E-state index in [4.69, 9.17) is 5.11 Å². The molecule has 0 amide bonds. The number of ketones is 1. The summed E-state index contributed by atoms with van der Waals surface area (Å²) in [5.41, 5.74) is 0. The van der Waals surface area contributed by atoms with E-state index >= 15 is 0 Å². The lowest BCUT2D eigenvalue weighted by molar-refractivity contribution is -0.136. The normalized spacial score (nSPS) is 21.8. The van der Waals surface area contributed by atoms with Crippen LogP contribution in [-0.4, -0.2) is 28.1 Å². The zero-order chi connectivity index (χ0) is 19.2. The van der Waals surface area contributed by atoms with E-state index in [1.54, 1.807) is 12.2 Å². The monoisotopic (exact) mass is 358 g/mol. The number of carbonyl (C=O) groups excluding carboxylic acids is 1.